The molecule has 1 aliphatic carbocycles. The largest absolute Gasteiger partial charge is 0.501 e. The molecule has 0 saturated heterocycles. The fourth-order valence-electron chi connectivity index (χ4n) is 6.36. The second-order valence-electron chi connectivity index (χ2n) is 13.0. The summed E-state index contributed by atoms with van der Waals surface area (Å²) in [5.41, 5.74) is -0.272. The highest BCUT2D eigenvalue weighted by Gasteiger charge is 2.44. The molecular formula is C30H59N3O7Si. The molecule has 3 atom stereocenters. The van der Waals surface area contributed by atoms with E-state index < -0.39 is 8.80 Å². The predicted molar refractivity (Wildman–Crippen MR) is 163 cm³/mol. The normalized spacial score (nSPS) is 21.7. The van der Waals surface area contributed by atoms with Gasteiger partial charge in [-0.25, -0.2) is 14.6 Å². The van der Waals surface area contributed by atoms with Crippen molar-refractivity contribution >= 4 is 21.0 Å². The van der Waals surface area contributed by atoms with Crippen molar-refractivity contribution in [1.29, 1.82) is 0 Å². The molecule has 3 unspecified atom stereocenters. The number of nitrogens with zero attached hydrogens (tertiary/aromatic N) is 3. The summed E-state index contributed by atoms with van der Waals surface area (Å²) in [6.07, 6.45) is 4.53. The number of hydrogen-bond acceptors (Lipinski definition) is 9. The van der Waals surface area contributed by atoms with E-state index in [1.165, 1.54) is 0 Å². The molecule has 0 bridgehead atoms. The van der Waals surface area contributed by atoms with Gasteiger partial charge in [0.05, 0.1) is 18.7 Å². The molecule has 0 heterocycles. The average molecular weight is 602 g/mol. The van der Waals surface area contributed by atoms with E-state index in [0.29, 0.717) is 52.0 Å². The Morgan fingerprint density at radius 1 is 0.976 bits per heavy atom. The summed E-state index contributed by atoms with van der Waals surface area (Å²) in [7, 11) is -2.73. The zero-order valence-corrected chi connectivity index (χ0v) is 28.8. The van der Waals surface area contributed by atoms with E-state index in [9.17, 15) is 9.59 Å². The number of hydrogen-bond donors (Lipinski definition) is 0. The summed E-state index contributed by atoms with van der Waals surface area (Å²) in [6, 6.07) is 0.401. The smallest absolute Gasteiger partial charge is 0.379 e. The maximum absolute atomic E-state index is 13.7. The molecular weight excluding hydrogens is 542 g/mol. The lowest BCUT2D eigenvalue weighted by atomic mass is 9.62. The highest BCUT2D eigenvalue weighted by atomic mass is 28.4. The van der Waals surface area contributed by atoms with Crippen molar-refractivity contribution in [2.75, 3.05) is 39.6 Å². The van der Waals surface area contributed by atoms with Gasteiger partial charge in [0, 0.05) is 51.1 Å². The van der Waals surface area contributed by atoms with Crippen LogP contribution in [0.5, 0.6) is 0 Å². The van der Waals surface area contributed by atoms with Crippen LogP contribution in [-0.2, 0) is 27.6 Å². The Labute approximate surface area is 250 Å². The summed E-state index contributed by atoms with van der Waals surface area (Å²) in [4.78, 5) is 36.7. The van der Waals surface area contributed by atoms with Crippen LogP contribution in [0.15, 0.2) is 4.99 Å². The molecule has 0 radical (unpaired) electrons. The van der Waals surface area contributed by atoms with Gasteiger partial charge in [-0.2, -0.15) is 0 Å². The number of rotatable bonds is 19. The summed E-state index contributed by atoms with van der Waals surface area (Å²) in [5.74, 6) is 0. The van der Waals surface area contributed by atoms with Gasteiger partial charge in [0.15, 0.2) is 0 Å². The third kappa shape index (κ3) is 12.8. The monoisotopic (exact) mass is 601 g/mol. The van der Waals surface area contributed by atoms with Crippen molar-refractivity contribution in [2.45, 2.75) is 132 Å². The number of hydroxylamine groups is 2. The summed E-state index contributed by atoms with van der Waals surface area (Å²) in [6.45, 7) is 25.4. The third-order valence-corrected chi connectivity index (χ3v) is 10.6. The van der Waals surface area contributed by atoms with E-state index in [1.807, 2.05) is 55.4 Å². The minimum absolute atomic E-state index is 0.0205. The molecule has 1 saturated carbocycles. The van der Waals surface area contributed by atoms with Gasteiger partial charge in [-0.1, -0.05) is 20.8 Å². The van der Waals surface area contributed by atoms with Gasteiger partial charge in [-0.3, -0.25) is 0 Å². The molecule has 240 valence electrons. The van der Waals surface area contributed by atoms with Crippen LogP contribution in [0.25, 0.3) is 0 Å². The quantitative estimate of drug-likeness (QED) is 0.0566. The highest BCUT2D eigenvalue weighted by Crippen LogP contribution is 2.47. The second-order valence-corrected chi connectivity index (χ2v) is 15.7. The SMILES string of the molecule is CCO[Si](CCCOCC(C)N(CC1(C)CC(N=C=O)CC(C)(C)C1)C(=O)ON(C(C)C)C(C)C)(OCC)OCC. The minimum atomic E-state index is -2.73. The Bertz CT molecular complexity index is 797. The molecule has 41 heavy (non-hydrogen) atoms. The molecule has 0 aromatic carbocycles. The molecule has 0 N–H and O–H groups in total. The first-order valence-corrected chi connectivity index (χ1v) is 17.4. The number of carbonyl (C=O) groups excluding carboxylic acids is 2. The Morgan fingerprint density at radius 3 is 2.02 bits per heavy atom. The Morgan fingerprint density at radius 2 is 1.54 bits per heavy atom. The maximum atomic E-state index is 13.7. The molecule has 11 heteroatoms. The molecule has 0 aromatic heterocycles. The minimum Gasteiger partial charge on any atom is -0.379 e. The molecule has 1 amide bonds. The van der Waals surface area contributed by atoms with E-state index >= 15 is 0 Å². The van der Waals surface area contributed by atoms with E-state index in [1.54, 1.807) is 16.0 Å². The van der Waals surface area contributed by atoms with E-state index in [-0.39, 0.29) is 41.1 Å². The molecule has 0 aromatic rings. The van der Waals surface area contributed by atoms with Crippen molar-refractivity contribution < 1.29 is 32.4 Å². The molecule has 1 rings (SSSR count). The molecule has 1 aliphatic rings. The van der Waals surface area contributed by atoms with Crippen molar-refractivity contribution in [2.24, 2.45) is 15.8 Å². The van der Waals surface area contributed by atoms with Crippen LogP contribution >= 0.6 is 0 Å². The first-order valence-electron chi connectivity index (χ1n) is 15.5. The van der Waals surface area contributed by atoms with Gasteiger partial charge in [0.1, 0.15) is 0 Å². The zero-order valence-electron chi connectivity index (χ0n) is 27.8. The van der Waals surface area contributed by atoms with Crippen molar-refractivity contribution in [3.8, 4) is 0 Å². The first kappa shape index (κ1) is 37.7. The van der Waals surface area contributed by atoms with Gasteiger partial charge in [-0.05, 0) is 91.9 Å². The van der Waals surface area contributed by atoms with Gasteiger partial charge >= 0.3 is 14.9 Å². The lowest BCUT2D eigenvalue weighted by molar-refractivity contribution is -0.160. The van der Waals surface area contributed by atoms with Crippen molar-refractivity contribution in [3.05, 3.63) is 0 Å². The summed E-state index contributed by atoms with van der Waals surface area (Å²) < 4.78 is 24.0. The Balaban J connectivity index is 3.03. The summed E-state index contributed by atoms with van der Waals surface area (Å²) >= 11 is 0. The lowest BCUT2D eigenvalue weighted by Gasteiger charge is -2.48. The zero-order chi connectivity index (χ0) is 31.3. The van der Waals surface area contributed by atoms with Crippen molar-refractivity contribution in [1.82, 2.24) is 9.96 Å². The van der Waals surface area contributed by atoms with Crippen LogP contribution in [0.4, 0.5) is 4.79 Å². The number of aliphatic imine (C=N–C) groups is 1. The molecule has 0 spiro atoms. The van der Waals surface area contributed by atoms with Gasteiger partial charge in [0.25, 0.3) is 0 Å². The topological polar surface area (TPSA) is 99.1 Å². The molecule has 10 nitrogen and oxygen atoms in total. The van der Waals surface area contributed by atoms with Gasteiger partial charge in [0.2, 0.25) is 6.08 Å². The van der Waals surface area contributed by atoms with Gasteiger partial charge < -0.3 is 27.8 Å². The maximum Gasteiger partial charge on any atom is 0.501 e. The fourth-order valence-corrected chi connectivity index (χ4v) is 8.94. The summed E-state index contributed by atoms with van der Waals surface area (Å²) in [5, 5.41) is 1.73. The third-order valence-electron chi connectivity index (χ3n) is 7.40. The second kappa shape index (κ2) is 17.7. The van der Waals surface area contributed by atoms with Crippen LogP contribution in [0.1, 0.15) is 102 Å². The lowest BCUT2D eigenvalue weighted by Crippen LogP contribution is -2.52. The highest BCUT2D eigenvalue weighted by molar-refractivity contribution is 6.60. The van der Waals surface area contributed by atoms with Crippen LogP contribution in [0.2, 0.25) is 6.04 Å². The number of amides is 1. The van der Waals surface area contributed by atoms with Crippen LogP contribution in [-0.4, -0.2) is 94.7 Å². The number of ether oxygens (including phenoxy) is 1. The molecule has 1 fully saturated rings. The fraction of sp³-hybridized carbons (Fsp3) is 0.933. The van der Waals surface area contributed by atoms with E-state index in [2.05, 4.69) is 25.8 Å². The van der Waals surface area contributed by atoms with Crippen LogP contribution < -0.4 is 0 Å². The van der Waals surface area contributed by atoms with Gasteiger partial charge in [-0.15, -0.1) is 5.06 Å². The van der Waals surface area contributed by atoms with E-state index in [0.717, 1.165) is 19.3 Å². The number of carbonyl (C=O) groups is 1. The predicted octanol–water partition coefficient (Wildman–Crippen LogP) is 6.22. The first-order chi connectivity index (χ1) is 19.2. The van der Waals surface area contributed by atoms with E-state index in [4.69, 9.17) is 22.9 Å². The molecule has 0 aliphatic heterocycles. The van der Waals surface area contributed by atoms with Crippen molar-refractivity contribution in [3.63, 3.8) is 0 Å². The average Bonchev–Trinajstić information content (AvgIpc) is 2.84. The Hall–Kier alpha value is -1.33. The van der Waals surface area contributed by atoms with Crippen LogP contribution in [0, 0.1) is 10.8 Å². The standard InChI is InChI=1S/C30H59N3O7Si/c1-12-37-41(38-13-2,39-14-3)17-15-16-36-20-26(8)32(28(35)40-33(24(4)5)25(6)7)22-30(11)19-27(31-23-34)18-29(9,10)21-30/h24-27H,12-22H2,1-11H3. The number of isocyanates is 1. The van der Waals surface area contributed by atoms with Crippen LogP contribution in [0.3, 0.4) is 0 Å². The Kier molecular flexibility index (Phi) is 16.3.